The molecule has 0 amide bonds. The van der Waals surface area contributed by atoms with Gasteiger partial charge in [0.1, 0.15) is 0 Å². The molecule has 0 radical (unpaired) electrons. The van der Waals surface area contributed by atoms with Crippen molar-refractivity contribution < 1.29 is 0 Å². The summed E-state index contributed by atoms with van der Waals surface area (Å²) in [6.45, 7) is 2.09. The van der Waals surface area contributed by atoms with Gasteiger partial charge >= 0.3 is 0 Å². The molecular formula is C19H14N2S. The van der Waals surface area contributed by atoms with Crippen LogP contribution in [0.25, 0.3) is 31.9 Å². The van der Waals surface area contributed by atoms with Gasteiger partial charge in [-0.1, -0.05) is 36.4 Å². The lowest BCUT2D eigenvalue weighted by Crippen LogP contribution is -2.05. The molecule has 0 unspecified atom stereocenters. The van der Waals surface area contributed by atoms with E-state index >= 15 is 0 Å². The van der Waals surface area contributed by atoms with Crippen LogP contribution >= 0.6 is 11.3 Å². The van der Waals surface area contributed by atoms with Gasteiger partial charge in [0.05, 0.1) is 26.1 Å². The maximum atomic E-state index is 8.32. The molecule has 0 fully saturated rings. The van der Waals surface area contributed by atoms with E-state index in [-0.39, 0.29) is 0 Å². The van der Waals surface area contributed by atoms with Crippen LogP contribution in [-0.4, -0.2) is 4.98 Å². The molecule has 1 heterocycles. The van der Waals surface area contributed by atoms with E-state index in [1.165, 1.54) is 10.3 Å². The van der Waals surface area contributed by atoms with Crippen molar-refractivity contribution in [3.8, 4) is 21.7 Å². The van der Waals surface area contributed by atoms with Crippen molar-refractivity contribution in [3.63, 3.8) is 0 Å². The van der Waals surface area contributed by atoms with Gasteiger partial charge in [-0.05, 0) is 42.3 Å². The average Bonchev–Trinajstić information content (AvgIpc) is 2.53. The second-order valence-corrected chi connectivity index (χ2v) is 6.50. The molecule has 0 saturated carbocycles. The summed E-state index contributed by atoms with van der Waals surface area (Å²) in [5.74, 6) is 0. The van der Waals surface area contributed by atoms with Crippen LogP contribution in [0.3, 0.4) is 0 Å². The van der Waals surface area contributed by atoms with Crippen molar-refractivity contribution in [1.29, 1.82) is 5.41 Å². The molecule has 0 atom stereocenters. The van der Waals surface area contributed by atoms with E-state index in [0.717, 1.165) is 27.2 Å². The Morgan fingerprint density at radius 2 is 1.77 bits per heavy atom. The van der Waals surface area contributed by atoms with E-state index in [1.807, 2.05) is 42.5 Å². The Hall–Kier alpha value is -2.52. The van der Waals surface area contributed by atoms with Gasteiger partial charge in [0, 0.05) is 5.56 Å². The monoisotopic (exact) mass is 302 g/mol. The average molecular weight is 302 g/mol. The maximum absolute atomic E-state index is 8.32. The van der Waals surface area contributed by atoms with Gasteiger partial charge in [-0.3, -0.25) is 0 Å². The molecule has 1 N–H and O–H groups in total. The smallest absolute Gasteiger partial charge is 0.0817 e. The van der Waals surface area contributed by atoms with Crippen LogP contribution in [-0.2, 0) is 0 Å². The third-order valence-corrected chi connectivity index (χ3v) is 4.85. The Labute approximate surface area is 132 Å². The summed E-state index contributed by atoms with van der Waals surface area (Å²) in [6, 6.07) is 20.3. The maximum Gasteiger partial charge on any atom is 0.0817 e. The Balaban J connectivity index is 2.02. The molecule has 0 bridgehead atoms. The van der Waals surface area contributed by atoms with Gasteiger partial charge in [0.25, 0.3) is 0 Å². The number of rotatable bonds is 1. The fourth-order valence-electron chi connectivity index (χ4n) is 2.64. The Morgan fingerprint density at radius 3 is 2.59 bits per heavy atom. The number of benzene rings is 3. The van der Waals surface area contributed by atoms with E-state index in [4.69, 9.17) is 10.4 Å². The molecule has 2 aliphatic rings. The van der Waals surface area contributed by atoms with Crippen LogP contribution in [0.15, 0.2) is 60.7 Å². The van der Waals surface area contributed by atoms with Crippen LogP contribution in [0.1, 0.15) is 5.56 Å². The predicted octanol–water partition coefficient (Wildman–Crippen LogP) is 4.86. The Bertz CT molecular complexity index is 1000. The summed E-state index contributed by atoms with van der Waals surface area (Å²) in [6.07, 6.45) is 0. The van der Waals surface area contributed by atoms with Crippen LogP contribution in [0.4, 0.5) is 0 Å². The molecule has 3 heteroatoms. The van der Waals surface area contributed by atoms with Gasteiger partial charge in [-0.15, -0.1) is 11.3 Å². The molecule has 0 aromatic heterocycles. The van der Waals surface area contributed by atoms with Gasteiger partial charge in [0.15, 0.2) is 0 Å². The Morgan fingerprint density at radius 1 is 0.955 bits per heavy atom. The summed E-state index contributed by atoms with van der Waals surface area (Å²) in [5.41, 5.74) is 5.19. The molecular weight excluding hydrogens is 288 g/mol. The molecule has 0 saturated heterocycles. The minimum Gasteiger partial charge on any atom is -0.300 e. The highest BCUT2D eigenvalue weighted by Gasteiger charge is 2.11. The minimum absolute atomic E-state index is 0.545. The fourth-order valence-corrected chi connectivity index (χ4v) is 3.72. The lowest BCUT2D eigenvalue weighted by molar-refractivity contribution is 1.26. The number of aromatic nitrogens is 1. The van der Waals surface area contributed by atoms with Crippen LogP contribution < -0.4 is 5.36 Å². The lowest BCUT2D eigenvalue weighted by Gasteiger charge is -2.10. The summed E-state index contributed by atoms with van der Waals surface area (Å²) in [7, 11) is 0. The molecule has 2 nitrogen and oxygen atoms in total. The first kappa shape index (κ1) is 13.2. The van der Waals surface area contributed by atoms with Crippen LogP contribution in [0.5, 0.6) is 0 Å². The zero-order valence-corrected chi connectivity index (χ0v) is 12.9. The van der Waals surface area contributed by atoms with Crippen LogP contribution in [0, 0.1) is 12.3 Å². The fraction of sp³-hybridized carbons (Fsp3) is 0.0526. The number of hydrogen-bond acceptors (Lipinski definition) is 3. The van der Waals surface area contributed by atoms with Crippen molar-refractivity contribution in [2.24, 2.45) is 0 Å². The second-order valence-electron chi connectivity index (χ2n) is 5.42. The molecule has 2 aromatic rings. The topological polar surface area (TPSA) is 36.7 Å². The summed E-state index contributed by atoms with van der Waals surface area (Å²) < 4.78 is 1.17. The predicted molar refractivity (Wildman–Crippen MR) is 92.3 cm³/mol. The van der Waals surface area contributed by atoms with Crippen molar-refractivity contribution >= 4 is 21.6 Å². The van der Waals surface area contributed by atoms with Crippen molar-refractivity contribution in [3.05, 3.63) is 71.6 Å². The highest BCUT2D eigenvalue weighted by atomic mass is 32.1. The van der Waals surface area contributed by atoms with Crippen molar-refractivity contribution in [2.75, 3.05) is 0 Å². The standard InChI is InChI=1S/C19H14N2S/c1-12-7-8-16-18(9-12)22-19-11-15(20)14(10-17(19)21-16)13-5-3-2-4-6-13/h2-11,20H,1H3. The summed E-state index contributed by atoms with van der Waals surface area (Å²) >= 11 is 1.70. The number of nitrogens with one attached hydrogen (secondary N) is 1. The SMILES string of the molecule is Cc1ccc2nc3cc(-c4ccccc4)c(=N)cc-3sc2c1. The molecule has 4 rings (SSSR count). The number of fused-ring (bicyclic) bond motifs is 2. The van der Waals surface area contributed by atoms with Gasteiger partial charge in [0.2, 0.25) is 0 Å². The normalized spacial score (nSPS) is 11.1. The number of nitrogens with zero attached hydrogens (tertiary/aromatic N) is 1. The largest absolute Gasteiger partial charge is 0.300 e. The summed E-state index contributed by atoms with van der Waals surface area (Å²) in [5, 5.41) is 8.86. The van der Waals surface area contributed by atoms with Crippen LogP contribution in [0.2, 0.25) is 0 Å². The first-order chi connectivity index (χ1) is 10.7. The van der Waals surface area contributed by atoms with E-state index in [0.29, 0.717) is 5.36 Å². The number of hydrogen-bond donors (Lipinski definition) is 1. The molecule has 22 heavy (non-hydrogen) atoms. The highest BCUT2D eigenvalue weighted by molar-refractivity contribution is 7.21. The molecule has 1 aliphatic heterocycles. The third kappa shape index (κ3) is 2.20. The Kier molecular flexibility index (Phi) is 3.01. The zero-order chi connectivity index (χ0) is 15.1. The first-order valence-electron chi connectivity index (χ1n) is 7.16. The highest BCUT2D eigenvalue weighted by Crippen LogP contribution is 2.32. The molecule has 0 spiro atoms. The van der Waals surface area contributed by atoms with E-state index in [1.54, 1.807) is 11.3 Å². The van der Waals surface area contributed by atoms with E-state index in [9.17, 15) is 0 Å². The van der Waals surface area contributed by atoms with E-state index in [2.05, 4.69) is 25.1 Å². The summed E-state index contributed by atoms with van der Waals surface area (Å²) in [4.78, 5) is 5.83. The van der Waals surface area contributed by atoms with E-state index < -0.39 is 0 Å². The zero-order valence-electron chi connectivity index (χ0n) is 12.1. The second kappa shape index (κ2) is 5.04. The molecule has 2 aromatic carbocycles. The van der Waals surface area contributed by atoms with Gasteiger partial charge in [-0.2, -0.15) is 0 Å². The lowest BCUT2D eigenvalue weighted by atomic mass is 10.0. The number of aryl methyl sites for hydroxylation is 1. The van der Waals surface area contributed by atoms with Crippen molar-refractivity contribution in [1.82, 2.24) is 4.98 Å². The molecule has 1 aliphatic carbocycles. The quantitative estimate of drug-likeness (QED) is 0.501. The van der Waals surface area contributed by atoms with Gasteiger partial charge < -0.3 is 5.41 Å². The van der Waals surface area contributed by atoms with Crippen molar-refractivity contribution in [2.45, 2.75) is 6.92 Å². The third-order valence-electron chi connectivity index (χ3n) is 3.76. The first-order valence-corrected chi connectivity index (χ1v) is 7.98. The van der Waals surface area contributed by atoms with Gasteiger partial charge in [-0.25, -0.2) is 4.98 Å². The minimum atomic E-state index is 0.545. The molecule has 106 valence electrons.